The number of hydrogen-bond donors (Lipinski definition) is 1. The van der Waals surface area contributed by atoms with Gasteiger partial charge in [0.25, 0.3) is 0 Å². The van der Waals surface area contributed by atoms with Crippen LogP contribution in [0.2, 0.25) is 0 Å². The van der Waals surface area contributed by atoms with E-state index in [1.165, 1.54) is 5.56 Å². The molecule has 2 atom stereocenters. The lowest BCUT2D eigenvalue weighted by molar-refractivity contribution is -0.124. The third-order valence-corrected chi connectivity index (χ3v) is 4.47. The molecule has 6 nitrogen and oxygen atoms in total. The number of nitrogens with zero attached hydrogens (tertiary/aromatic N) is 4. The average Bonchev–Trinajstić information content (AvgIpc) is 3.13. The molecule has 1 fully saturated rings. The Labute approximate surface area is 136 Å². The number of rotatable bonds is 4. The molecule has 0 radical (unpaired) electrons. The predicted octanol–water partition coefficient (Wildman–Crippen LogP) is 1.09. The summed E-state index contributed by atoms with van der Waals surface area (Å²) >= 11 is 0. The fourth-order valence-electron chi connectivity index (χ4n) is 3.40. The quantitative estimate of drug-likeness (QED) is 0.918. The first-order chi connectivity index (χ1) is 11.1. The van der Waals surface area contributed by atoms with Crippen LogP contribution in [0.4, 0.5) is 0 Å². The van der Waals surface area contributed by atoms with E-state index in [0.717, 1.165) is 30.8 Å². The summed E-state index contributed by atoms with van der Waals surface area (Å²) in [7, 11) is 3.61. The highest BCUT2D eigenvalue weighted by Gasteiger charge is 2.38. The van der Waals surface area contributed by atoms with E-state index in [0.29, 0.717) is 0 Å². The molecule has 3 heterocycles. The van der Waals surface area contributed by atoms with Crippen molar-refractivity contribution in [3.63, 3.8) is 0 Å². The topological polar surface area (TPSA) is 63.1 Å². The van der Waals surface area contributed by atoms with E-state index in [2.05, 4.69) is 26.4 Å². The highest BCUT2D eigenvalue weighted by molar-refractivity contribution is 5.80. The number of pyridine rings is 1. The Hall–Kier alpha value is -2.21. The molecule has 1 aliphatic heterocycles. The molecule has 0 bridgehead atoms. The lowest BCUT2D eigenvalue weighted by Crippen LogP contribution is -2.32. The molecule has 0 saturated carbocycles. The van der Waals surface area contributed by atoms with Crippen LogP contribution in [0.5, 0.6) is 0 Å². The summed E-state index contributed by atoms with van der Waals surface area (Å²) in [5, 5.41) is 7.06. The van der Waals surface area contributed by atoms with Gasteiger partial charge in [-0.15, -0.1) is 0 Å². The molecular weight excluding hydrogens is 290 g/mol. The highest BCUT2D eigenvalue weighted by atomic mass is 16.1. The van der Waals surface area contributed by atoms with Gasteiger partial charge in [-0.25, -0.2) is 0 Å². The number of nitrogens with one attached hydrogen (secondary N) is 1. The van der Waals surface area contributed by atoms with Crippen LogP contribution >= 0.6 is 0 Å². The van der Waals surface area contributed by atoms with Crippen LogP contribution in [0.3, 0.4) is 0 Å². The number of amides is 1. The van der Waals surface area contributed by atoms with Crippen LogP contribution in [-0.4, -0.2) is 45.7 Å². The van der Waals surface area contributed by atoms with Gasteiger partial charge in [-0.1, -0.05) is 6.07 Å². The van der Waals surface area contributed by atoms with Crippen molar-refractivity contribution in [1.82, 2.24) is 25.0 Å². The number of carbonyl (C=O) groups is 1. The second-order valence-corrected chi connectivity index (χ2v) is 6.34. The monoisotopic (exact) mass is 313 g/mol. The van der Waals surface area contributed by atoms with Gasteiger partial charge in [0.15, 0.2) is 0 Å². The van der Waals surface area contributed by atoms with E-state index >= 15 is 0 Å². The summed E-state index contributed by atoms with van der Waals surface area (Å²) in [6.07, 6.45) is 7.65. The Balaban J connectivity index is 1.78. The average molecular weight is 313 g/mol. The van der Waals surface area contributed by atoms with Gasteiger partial charge in [0.2, 0.25) is 5.91 Å². The van der Waals surface area contributed by atoms with Crippen LogP contribution in [0.25, 0.3) is 0 Å². The van der Waals surface area contributed by atoms with Crippen LogP contribution in [0.15, 0.2) is 30.9 Å². The number of aromatic nitrogens is 3. The minimum absolute atomic E-state index is 0.0398. The summed E-state index contributed by atoms with van der Waals surface area (Å²) in [6, 6.07) is 2.15. The number of likely N-dealkylation sites (tertiary alicyclic amines) is 1. The van der Waals surface area contributed by atoms with E-state index in [1.54, 1.807) is 11.7 Å². The molecule has 0 aliphatic carbocycles. The Morgan fingerprint density at radius 3 is 2.83 bits per heavy atom. The van der Waals surface area contributed by atoms with E-state index < -0.39 is 0 Å². The van der Waals surface area contributed by atoms with Gasteiger partial charge in [0, 0.05) is 58.2 Å². The van der Waals surface area contributed by atoms with E-state index in [9.17, 15) is 4.79 Å². The molecule has 2 aromatic rings. The molecule has 1 aliphatic rings. The molecule has 1 saturated heterocycles. The van der Waals surface area contributed by atoms with Gasteiger partial charge in [-0.2, -0.15) is 5.10 Å². The SMILES string of the molecule is CNC(=O)[C@H]1CN(Cc2cncc(C)c2)C[C@@H]1c1cnn(C)c1. The van der Waals surface area contributed by atoms with Crippen LogP contribution in [-0.2, 0) is 18.4 Å². The van der Waals surface area contributed by atoms with Crippen molar-refractivity contribution in [3.8, 4) is 0 Å². The lowest BCUT2D eigenvalue weighted by atomic mass is 9.90. The number of carbonyl (C=O) groups excluding carboxylic acids is 1. The summed E-state index contributed by atoms with van der Waals surface area (Å²) in [6.45, 7) is 4.48. The molecular formula is C17H23N5O. The van der Waals surface area contributed by atoms with Gasteiger partial charge >= 0.3 is 0 Å². The molecule has 2 aromatic heterocycles. The zero-order valence-corrected chi connectivity index (χ0v) is 13.9. The standard InChI is InChI=1S/C17H23N5O/c1-12-4-13(6-19-5-12)8-22-10-15(14-7-20-21(3)9-14)16(11-22)17(23)18-2/h4-7,9,15-16H,8,10-11H2,1-3H3,(H,18,23)/t15-,16+/m1/s1. The third-order valence-electron chi connectivity index (χ3n) is 4.47. The lowest BCUT2D eigenvalue weighted by Gasteiger charge is -2.15. The Morgan fingerprint density at radius 1 is 1.35 bits per heavy atom. The predicted molar refractivity (Wildman–Crippen MR) is 87.8 cm³/mol. The molecule has 0 spiro atoms. The second-order valence-electron chi connectivity index (χ2n) is 6.34. The maximum absolute atomic E-state index is 12.3. The maximum Gasteiger partial charge on any atom is 0.224 e. The fraction of sp³-hybridized carbons (Fsp3) is 0.471. The molecule has 1 N–H and O–H groups in total. The van der Waals surface area contributed by atoms with Crippen molar-refractivity contribution in [2.45, 2.75) is 19.4 Å². The third kappa shape index (κ3) is 3.42. The largest absolute Gasteiger partial charge is 0.359 e. The van der Waals surface area contributed by atoms with Crippen LogP contribution < -0.4 is 5.32 Å². The molecule has 122 valence electrons. The van der Waals surface area contributed by atoms with E-state index in [-0.39, 0.29) is 17.7 Å². The van der Waals surface area contributed by atoms with Crippen molar-refractivity contribution in [2.75, 3.05) is 20.1 Å². The highest BCUT2D eigenvalue weighted by Crippen LogP contribution is 2.33. The Bertz CT molecular complexity index is 696. The van der Waals surface area contributed by atoms with Crippen molar-refractivity contribution >= 4 is 5.91 Å². The maximum atomic E-state index is 12.3. The summed E-state index contributed by atoms with van der Waals surface area (Å²) in [4.78, 5) is 18.9. The summed E-state index contributed by atoms with van der Waals surface area (Å²) < 4.78 is 1.80. The minimum atomic E-state index is -0.0398. The van der Waals surface area contributed by atoms with E-state index in [1.807, 2.05) is 38.8 Å². The van der Waals surface area contributed by atoms with Crippen molar-refractivity contribution < 1.29 is 4.79 Å². The molecule has 1 amide bonds. The summed E-state index contributed by atoms with van der Waals surface area (Å²) in [5.74, 6) is 0.243. The van der Waals surface area contributed by atoms with Gasteiger partial charge in [-0.05, 0) is 23.6 Å². The normalized spacial score (nSPS) is 21.5. The smallest absolute Gasteiger partial charge is 0.224 e. The zero-order valence-electron chi connectivity index (χ0n) is 13.9. The molecule has 0 aromatic carbocycles. The molecule has 6 heteroatoms. The molecule has 3 rings (SSSR count). The number of aryl methyl sites for hydroxylation is 2. The van der Waals surface area contributed by atoms with Crippen LogP contribution in [0.1, 0.15) is 22.6 Å². The second kappa shape index (κ2) is 6.50. The summed E-state index contributed by atoms with van der Waals surface area (Å²) in [5.41, 5.74) is 3.48. The van der Waals surface area contributed by atoms with Crippen LogP contribution in [0, 0.1) is 12.8 Å². The first-order valence-electron chi connectivity index (χ1n) is 7.90. The van der Waals surface area contributed by atoms with Gasteiger partial charge in [0.1, 0.15) is 0 Å². The minimum Gasteiger partial charge on any atom is -0.359 e. The van der Waals surface area contributed by atoms with Gasteiger partial charge < -0.3 is 5.32 Å². The Morgan fingerprint density at radius 2 is 2.17 bits per heavy atom. The Kier molecular flexibility index (Phi) is 4.43. The zero-order chi connectivity index (χ0) is 16.4. The van der Waals surface area contributed by atoms with Gasteiger partial charge in [-0.3, -0.25) is 19.4 Å². The van der Waals surface area contributed by atoms with E-state index in [4.69, 9.17) is 0 Å². The molecule has 23 heavy (non-hydrogen) atoms. The number of hydrogen-bond acceptors (Lipinski definition) is 4. The van der Waals surface area contributed by atoms with Crippen molar-refractivity contribution in [1.29, 1.82) is 0 Å². The fourth-order valence-corrected chi connectivity index (χ4v) is 3.40. The first kappa shape index (κ1) is 15.7. The van der Waals surface area contributed by atoms with Crippen molar-refractivity contribution in [2.24, 2.45) is 13.0 Å². The van der Waals surface area contributed by atoms with Gasteiger partial charge in [0.05, 0.1) is 12.1 Å². The van der Waals surface area contributed by atoms with Crippen molar-refractivity contribution in [3.05, 3.63) is 47.5 Å². The molecule has 0 unspecified atom stereocenters. The first-order valence-corrected chi connectivity index (χ1v) is 7.90.